The summed E-state index contributed by atoms with van der Waals surface area (Å²) in [5.41, 5.74) is -0.957. The Kier molecular flexibility index (Phi) is 7.37. The molecule has 0 aliphatic carbocycles. The summed E-state index contributed by atoms with van der Waals surface area (Å²) >= 11 is 0. The van der Waals surface area contributed by atoms with E-state index in [1.165, 1.54) is 0 Å². The zero-order valence-electron chi connectivity index (χ0n) is 12.1. The molecule has 1 rings (SSSR count). The summed E-state index contributed by atoms with van der Waals surface area (Å²) in [6, 6.07) is 0.347. The molecule has 1 aliphatic heterocycles. The van der Waals surface area contributed by atoms with Crippen molar-refractivity contribution < 1.29 is 14.3 Å². The van der Waals surface area contributed by atoms with E-state index >= 15 is 0 Å². The smallest absolute Gasteiger partial charge is 0.331 e. The van der Waals surface area contributed by atoms with Crippen LogP contribution in [0, 0.1) is 5.92 Å². The third-order valence-electron chi connectivity index (χ3n) is 3.22. The molecule has 0 aromatic rings. The molecule has 112 valence electrons. The van der Waals surface area contributed by atoms with E-state index in [1.807, 2.05) is 0 Å². The van der Waals surface area contributed by atoms with E-state index in [-0.39, 0.29) is 30.2 Å². The minimum Gasteiger partial charge on any atom is -0.464 e. The topological polar surface area (TPSA) is 67.4 Å². The van der Waals surface area contributed by atoms with Crippen LogP contribution in [0.3, 0.4) is 0 Å². The maximum absolute atomic E-state index is 12.1. The van der Waals surface area contributed by atoms with Gasteiger partial charge in [-0.05, 0) is 47.1 Å². The van der Waals surface area contributed by atoms with Crippen LogP contribution in [-0.2, 0) is 14.3 Å². The first-order chi connectivity index (χ1) is 8.36. The van der Waals surface area contributed by atoms with Crippen LogP contribution in [0.1, 0.15) is 40.5 Å². The Hall–Kier alpha value is -0.810. The van der Waals surface area contributed by atoms with Crippen LogP contribution in [0.5, 0.6) is 0 Å². The molecule has 1 saturated heterocycles. The number of rotatable bonds is 4. The minimum atomic E-state index is -0.957. The molecule has 19 heavy (non-hydrogen) atoms. The number of carbonyl (C=O) groups is 2. The summed E-state index contributed by atoms with van der Waals surface area (Å²) in [5, 5.41) is 6.09. The SMILES string of the molecule is CCOC(=O)C(C)(C)NC(=O)[C@H]1CCN[C@@H](C)C1.Cl. The molecule has 2 N–H and O–H groups in total. The third kappa shape index (κ3) is 5.37. The van der Waals surface area contributed by atoms with Gasteiger partial charge >= 0.3 is 5.97 Å². The van der Waals surface area contributed by atoms with Crippen LogP contribution in [0.2, 0.25) is 0 Å². The van der Waals surface area contributed by atoms with Gasteiger partial charge in [-0.15, -0.1) is 12.4 Å². The summed E-state index contributed by atoms with van der Waals surface area (Å²) < 4.78 is 4.95. The van der Waals surface area contributed by atoms with Crippen molar-refractivity contribution in [2.45, 2.75) is 52.1 Å². The lowest BCUT2D eigenvalue weighted by Gasteiger charge is -2.30. The summed E-state index contributed by atoms with van der Waals surface area (Å²) in [6.45, 7) is 8.34. The van der Waals surface area contributed by atoms with Gasteiger partial charge in [-0.3, -0.25) is 4.79 Å². The van der Waals surface area contributed by atoms with Gasteiger partial charge < -0.3 is 15.4 Å². The van der Waals surface area contributed by atoms with Crippen LogP contribution < -0.4 is 10.6 Å². The number of halogens is 1. The average molecular weight is 293 g/mol. The van der Waals surface area contributed by atoms with Gasteiger partial charge in [0.05, 0.1) is 6.61 Å². The fourth-order valence-corrected chi connectivity index (χ4v) is 2.14. The van der Waals surface area contributed by atoms with E-state index in [0.717, 1.165) is 19.4 Å². The second-order valence-electron chi connectivity index (χ2n) is 5.41. The lowest BCUT2D eigenvalue weighted by molar-refractivity contribution is -0.152. The van der Waals surface area contributed by atoms with E-state index in [4.69, 9.17) is 4.74 Å². The Bertz CT molecular complexity index is 321. The lowest BCUT2D eigenvalue weighted by atomic mass is 9.91. The highest BCUT2D eigenvalue weighted by Gasteiger charge is 2.34. The second kappa shape index (κ2) is 7.70. The maximum atomic E-state index is 12.1. The number of esters is 1. The molecule has 0 aromatic carbocycles. The van der Waals surface area contributed by atoms with Crippen molar-refractivity contribution in [3.8, 4) is 0 Å². The standard InChI is InChI=1S/C13H24N2O3.ClH/c1-5-18-12(17)13(3,4)15-11(16)10-6-7-14-9(2)8-10;/h9-10,14H,5-8H2,1-4H3,(H,15,16);1H/t9-,10-;/m0./s1. The minimum absolute atomic E-state index is 0. The molecular weight excluding hydrogens is 268 g/mol. The van der Waals surface area contributed by atoms with Crippen LogP contribution in [0.4, 0.5) is 0 Å². The van der Waals surface area contributed by atoms with Gasteiger partial charge in [-0.1, -0.05) is 0 Å². The summed E-state index contributed by atoms with van der Waals surface area (Å²) in [4.78, 5) is 23.8. The Labute approximate surface area is 121 Å². The maximum Gasteiger partial charge on any atom is 0.331 e. The molecule has 1 heterocycles. The Morgan fingerprint density at radius 2 is 2.05 bits per heavy atom. The number of nitrogens with one attached hydrogen (secondary N) is 2. The first kappa shape index (κ1) is 18.2. The van der Waals surface area contributed by atoms with E-state index in [9.17, 15) is 9.59 Å². The molecule has 0 radical (unpaired) electrons. The molecule has 0 aromatic heterocycles. The molecule has 5 nitrogen and oxygen atoms in total. The second-order valence-corrected chi connectivity index (χ2v) is 5.41. The van der Waals surface area contributed by atoms with E-state index in [1.54, 1.807) is 20.8 Å². The first-order valence-corrected chi connectivity index (χ1v) is 6.59. The third-order valence-corrected chi connectivity index (χ3v) is 3.22. The molecule has 6 heteroatoms. The number of hydrogen-bond donors (Lipinski definition) is 2. The average Bonchev–Trinajstić information content (AvgIpc) is 2.28. The van der Waals surface area contributed by atoms with Crippen molar-refractivity contribution in [3.05, 3.63) is 0 Å². The van der Waals surface area contributed by atoms with E-state index < -0.39 is 5.54 Å². The predicted octanol–water partition coefficient (Wildman–Crippen LogP) is 1.25. The lowest BCUT2D eigenvalue weighted by Crippen LogP contribution is -2.54. The number of carbonyl (C=O) groups excluding carboxylic acids is 2. The van der Waals surface area contributed by atoms with Gasteiger partial charge in [0.2, 0.25) is 5.91 Å². The summed E-state index contributed by atoms with van der Waals surface area (Å²) in [7, 11) is 0. The fourth-order valence-electron chi connectivity index (χ4n) is 2.14. The molecular formula is C13H25ClN2O3. The Balaban J connectivity index is 0.00000324. The fraction of sp³-hybridized carbons (Fsp3) is 0.846. The Morgan fingerprint density at radius 3 is 2.58 bits per heavy atom. The highest BCUT2D eigenvalue weighted by molar-refractivity contribution is 5.88. The van der Waals surface area contributed by atoms with E-state index in [0.29, 0.717) is 12.6 Å². The van der Waals surface area contributed by atoms with Gasteiger partial charge in [-0.25, -0.2) is 4.79 Å². The van der Waals surface area contributed by atoms with Crippen LogP contribution in [0.25, 0.3) is 0 Å². The van der Waals surface area contributed by atoms with Crippen molar-refractivity contribution in [1.82, 2.24) is 10.6 Å². The van der Waals surface area contributed by atoms with Crippen molar-refractivity contribution in [2.24, 2.45) is 5.92 Å². The van der Waals surface area contributed by atoms with Gasteiger partial charge in [0.15, 0.2) is 0 Å². The van der Waals surface area contributed by atoms with Crippen LogP contribution in [-0.4, -0.2) is 36.6 Å². The van der Waals surface area contributed by atoms with Gasteiger partial charge in [0.25, 0.3) is 0 Å². The Morgan fingerprint density at radius 1 is 1.42 bits per heavy atom. The molecule has 0 spiro atoms. The molecule has 1 amide bonds. The molecule has 0 unspecified atom stereocenters. The normalized spacial score (nSPS) is 23.2. The van der Waals surface area contributed by atoms with Crippen LogP contribution in [0.15, 0.2) is 0 Å². The number of ether oxygens (including phenoxy) is 1. The van der Waals surface area contributed by atoms with Crippen molar-refractivity contribution in [3.63, 3.8) is 0 Å². The number of piperidine rings is 1. The van der Waals surface area contributed by atoms with E-state index in [2.05, 4.69) is 17.6 Å². The quantitative estimate of drug-likeness (QED) is 0.766. The zero-order chi connectivity index (χ0) is 13.8. The molecule has 0 saturated carbocycles. The summed E-state index contributed by atoms with van der Waals surface area (Å²) in [5.74, 6) is -0.461. The predicted molar refractivity (Wildman–Crippen MR) is 76.3 cm³/mol. The van der Waals surface area contributed by atoms with Crippen molar-refractivity contribution in [2.75, 3.05) is 13.2 Å². The number of hydrogen-bond acceptors (Lipinski definition) is 4. The van der Waals surface area contributed by atoms with Crippen molar-refractivity contribution >= 4 is 24.3 Å². The zero-order valence-corrected chi connectivity index (χ0v) is 12.9. The number of amides is 1. The molecule has 2 atom stereocenters. The van der Waals surface area contributed by atoms with Gasteiger partial charge in [0, 0.05) is 12.0 Å². The molecule has 0 bridgehead atoms. The summed E-state index contributed by atoms with van der Waals surface area (Å²) in [6.07, 6.45) is 1.62. The van der Waals surface area contributed by atoms with Crippen molar-refractivity contribution in [1.29, 1.82) is 0 Å². The highest BCUT2D eigenvalue weighted by atomic mass is 35.5. The largest absolute Gasteiger partial charge is 0.464 e. The molecule has 1 fully saturated rings. The first-order valence-electron chi connectivity index (χ1n) is 6.59. The molecule has 1 aliphatic rings. The van der Waals surface area contributed by atoms with Gasteiger partial charge in [-0.2, -0.15) is 0 Å². The monoisotopic (exact) mass is 292 g/mol. The highest BCUT2D eigenvalue weighted by Crippen LogP contribution is 2.17. The van der Waals surface area contributed by atoms with Gasteiger partial charge in [0.1, 0.15) is 5.54 Å². The van der Waals surface area contributed by atoms with Crippen LogP contribution >= 0.6 is 12.4 Å².